The van der Waals surface area contributed by atoms with E-state index in [9.17, 15) is 9.59 Å². The summed E-state index contributed by atoms with van der Waals surface area (Å²) in [7, 11) is 1.61. The number of thiophene rings is 1. The van der Waals surface area contributed by atoms with Gasteiger partial charge in [0.25, 0.3) is 0 Å². The summed E-state index contributed by atoms with van der Waals surface area (Å²) in [4.78, 5) is 23.5. The number of ether oxygens (including phenoxy) is 1. The van der Waals surface area contributed by atoms with E-state index in [0.29, 0.717) is 4.88 Å². The van der Waals surface area contributed by atoms with Crippen LogP contribution in [-0.2, 0) is 4.79 Å². The number of ketones is 1. The minimum absolute atomic E-state index is 0.0261. The second-order valence-electron chi connectivity index (χ2n) is 4.84. The molecular formula is C15H16O4S. The van der Waals surface area contributed by atoms with Crippen molar-refractivity contribution in [1.29, 1.82) is 0 Å². The quantitative estimate of drug-likeness (QED) is 0.856. The highest BCUT2D eigenvalue weighted by Crippen LogP contribution is 2.32. The van der Waals surface area contributed by atoms with Crippen LogP contribution in [0.1, 0.15) is 28.6 Å². The molecule has 2 aromatic rings. The molecular weight excluding hydrogens is 276 g/mol. The zero-order valence-corrected chi connectivity index (χ0v) is 12.4. The zero-order chi connectivity index (χ0) is 14.9. The number of aliphatic carboxylic acids is 1. The van der Waals surface area contributed by atoms with E-state index in [0.717, 1.165) is 21.4 Å². The maximum Gasteiger partial charge on any atom is 0.306 e. The smallest absolute Gasteiger partial charge is 0.306 e. The number of fused-ring (bicyclic) bond motifs is 1. The highest BCUT2D eigenvalue weighted by molar-refractivity contribution is 7.20. The van der Waals surface area contributed by atoms with Crippen LogP contribution in [0.25, 0.3) is 10.1 Å². The molecule has 0 aliphatic heterocycles. The number of carbonyl (C=O) groups is 2. The van der Waals surface area contributed by atoms with E-state index < -0.39 is 11.9 Å². The Bertz CT molecular complexity index is 672. The predicted octanol–water partition coefficient (Wildman–Crippen LogP) is 3.51. The van der Waals surface area contributed by atoms with Crippen LogP contribution in [0.3, 0.4) is 0 Å². The summed E-state index contributed by atoms with van der Waals surface area (Å²) in [5.74, 6) is -0.952. The number of methoxy groups -OCH3 is 1. The average Bonchev–Trinajstić information content (AvgIpc) is 2.80. The fraction of sp³-hybridized carbons (Fsp3) is 0.333. The molecule has 106 valence electrons. The van der Waals surface area contributed by atoms with Gasteiger partial charge in [0.15, 0.2) is 5.78 Å². The van der Waals surface area contributed by atoms with Crippen molar-refractivity contribution in [3.05, 3.63) is 28.6 Å². The first-order valence-corrected chi connectivity index (χ1v) is 7.08. The van der Waals surface area contributed by atoms with Gasteiger partial charge in [-0.3, -0.25) is 9.59 Å². The van der Waals surface area contributed by atoms with Gasteiger partial charge in [-0.1, -0.05) is 6.92 Å². The third kappa shape index (κ3) is 2.82. The molecule has 1 heterocycles. The van der Waals surface area contributed by atoms with E-state index in [1.165, 1.54) is 11.3 Å². The molecule has 0 aliphatic carbocycles. The zero-order valence-electron chi connectivity index (χ0n) is 11.6. The Hall–Kier alpha value is -1.88. The second kappa shape index (κ2) is 5.63. The third-order valence-corrected chi connectivity index (χ3v) is 4.36. The fourth-order valence-electron chi connectivity index (χ4n) is 1.99. The van der Waals surface area contributed by atoms with Crippen molar-refractivity contribution >= 4 is 33.2 Å². The molecule has 2 rings (SSSR count). The Morgan fingerprint density at radius 3 is 2.65 bits per heavy atom. The van der Waals surface area contributed by atoms with E-state index in [4.69, 9.17) is 9.84 Å². The van der Waals surface area contributed by atoms with Crippen molar-refractivity contribution in [3.8, 4) is 5.75 Å². The van der Waals surface area contributed by atoms with Crippen LogP contribution in [0.15, 0.2) is 18.2 Å². The molecule has 1 atom stereocenters. The Labute approximate surface area is 121 Å². The summed E-state index contributed by atoms with van der Waals surface area (Å²) in [6.07, 6.45) is 0.0261. The molecule has 0 bridgehead atoms. The summed E-state index contributed by atoms with van der Waals surface area (Å²) >= 11 is 1.39. The van der Waals surface area contributed by atoms with Gasteiger partial charge in [-0.15, -0.1) is 11.3 Å². The monoisotopic (exact) mass is 292 g/mol. The van der Waals surface area contributed by atoms with Crippen LogP contribution >= 0.6 is 11.3 Å². The molecule has 0 aliphatic rings. The number of carboxylic acids is 1. The molecule has 20 heavy (non-hydrogen) atoms. The first-order chi connectivity index (χ1) is 9.42. The fourth-order valence-corrected chi connectivity index (χ4v) is 3.08. The van der Waals surface area contributed by atoms with E-state index in [1.807, 2.05) is 19.1 Å². The number of carbonyl (C=O) groups excluding carboxylic acids is 1. The minimum atomic E-state index is -0.947. The van der Waals surface area contributed by atoms with Crippen LogP contribution in [-0.4, -0.2) is 24.0 Å². The van der Waals surface area contributed by atoms with E-state index in [1.54, 1.807) is 20.1 Å². The molecule has 0 amide bonds. The number of aryl methyl sites for hydroxylation is 1. The van der Waals surface area contributed by atoms with Gasteiger partial charge < -0.3 is 9.84 Å². The maximum absolute atomic E-state index is 12.1. The molecule has 0 unspecified atom stereocenters. The lowest BCUT2D eigenvalue weighted by molar-refractivity contribution is -0.141. The highest BCUT2D eigenvalue weighted by atomic mass is 32.1. The van der Waals surface area contributed by atoms with Crippen LogP contribution in [0, 0.1) is 12.8 Å². The van der Waals surface area contributed by atoms with Crippen molar-refractivity contribution in [2.45, 2.75) is 20.3 Å². The summed E-state index contributed by atoms with van der Waals surface area (Å²) in [6.45, 7) is 3.49. The molecule has 0 radical (unpaired) electrons. The molecule has 0 saturated carbocycles. The van der Waals surface area contributed by atoms with Crippen molar-refractivity contribution in [2.24, 2.45) is 5.92 Å². The van der Waals surface area contributed by atoms with Gasteiger partial charge >= 0.3 is 5.97 Å². The largest absolute Gasteiger partial charge is 0.496 e. The van der Waals surface area contributed by atoms with Gasteiger partial charge in [-0.25, -0.2) is 0 Å². The highest BCUT2D eigenvalue weighted by Gasteiger charge is 2.19. The molecule has 4 nitrogen and oxygen atoms in total. The van der Waals surface area contributed by atoms with Crippen molar-refractivity contribution in [2.75, 3.05) is 7.11 Å². The van der Waals surface area contributed by atoms with Crippen molar-refractivity contribution in [3.63, 3.8) is 0 Å². The van der Waals surface area contributed by atoms with Crippen LogP contribution < -0.4 is 4.74 Å². The van der Waals surface area contributed by atoms with Gasteiger partial charge in [0.1, 0.15) is 5.75 Å². The number of hydrogen-bond acceptors (Lipinski definition) is 4. The van der Waals surface area contributed by atoms with Crippen LogP contribution in [0.4, 0.5) is 0 Å². The minimum Gasteiger partial charge on any atom is -0.496 e. The van der Waals surface area contributed by atoms with Crippen molar-refractivity contribution in [1.82, 2.24) is 0 Å². The van der Waals surface area contributed by atoms with E-state index >= 15 is 0 Å². The molecule has 0 fully saturated rings. The van der Waals surface area contributed by atoms with E-state index in [-0.39, 0.29) is 12.2 Å². The van der Waals surface area contributed by atoms with Crippen molar-refractivity contribution < 1.29 is 19.4 Å². The Kier molecular flexibility index (Phi) is 4.09. The van der Waals surface area contributed by atoms with Gasteiger partial charge in [-0.05, 0) is 36.1 Å². The topological polar surface area (TPSA) is 63.6 Å². The second-order valence-corrected chi connectivity index (χ2v) is 5.92. The number of carboxylic acid groups (broad SMARTS) is 1. The molecule has 0 saturated heterocycles. The number of hydrogen-bond donors (Lipinski definition) is 1. The molecule has 0 spiro atoms. The number of benzene rings is 1. The first-order valence-electron chi connectivity index (χ1n) is 6.26. The van der Waals surface area contributed by atoms with E-state index in [2.05, 4.69) is 0 Å². The van der Waals surface area contributed by atoms with Crippen LogP contribution in [0.2, 0.25) is 0 Å². The predicted molar refractivity (Wildman–Crippen MR) is 78.9 cm³/mol. The summed E-state index contributed by atoms with van der Waals surface area (Å²) in [5.41, 5.74) is 1.01. The van der Waals surface area contributed by atoms with Gasteiger partial charge in [0.05, 0.1) is 17.9 Å². The SMILES string of the molecule is COc1cc2cc(C(=O)C[C@H](C)C(=O)O)sc2cc1C. The number of Topliss-reactive ketones (excluding diaryl/α,β-unsaturated/α-hetero) is 1. The number of rotatable bonds is 5. The Morgan fingerprint density at radius 1 is 1.35 bits per heavy atom. The average molecular weight is 292 g/mol. The molecule has 1 aromatic heterocycles. The molecule has 1 aromatic carbocycles. The summed E-state index contributed by atoms with van der Waals surface area (Å²) < 4.78 is 6.27. The van der Waals surface area contributed by atoms with Crippen LogP contribution in [0.5, 0.6) is 5.75 Å². The standard InChI is InChI=1S/C15H16O4S/c1-8-5-13-10(6-12(8)19-3)7-14(20-13)11(16)4-9(2)15(17)18/h5-7,9H,4H2,1-3H3,(H,17,18)/t9-/m0/s1. The Balaban J connectivity index is 2.32. The lowest BCUT2D eigenvalue weighted by atomic mass is 10.0. The van der Waals surface area contributed by atoms with Gasteiger partial charge in [-0.2, -0.15) is 0 Å². The normalized spacial score (nSPS) is 12.3. The molecule has 1 N–H and O–H groups in total. The third-order valence-electron chi connectivity index (χ3n) is 3.22. The first kappa shape index (κ1) is 14.5. The maximum atomic E-state index is 12.1. The molecule has 5 heteroatoms. The lowest BCUT2D eigenvalue weighted by Crippen LogP contribution is -2.13. The van der Waals surface area contributed by atoms with Gasteiger partial charge in [0.2, 0.25) is 0 Å². The Morgan fingerprint density at radius 2 is 2.05 bits per heavy atom. The van der Waals surface area contributed by atoms with Gasteiger partial charge in [0, 0.05) is 11.1 Å². The summed E-state index contributed by atoms with van der Waals surface area (Å²) in [5, 5.41) is 9.80. The lowest BCUT2D eigenvalue weighted by Gasteiger charge is -2.03. The summed E-state index contributed by atoms with van der Waals surface area (Å²) in [6, 6.07) is 5.69.